The van der Waals surface area contributed by atoms with E-state index in [-0.39, 0.29) is 44.0 Å². The molecular formula is C26H30N4O6S. The average molecular weight is 527 g/mol. The number of aliphatic carboxylic acids is 1. The molecule has 1 saturated heterocycles. The quantitative estimate of drug-likeness (QED) is 0.318. The zero-order valence-corrected chi connectivity index (χ0v) is 21.3. The van der Waals surface area contributed by atoms with E-state index < -0.39 is 12.3 Å². The molecule has 196 valence electrons. The molecule has 3 N–H and O–H groups in total. The van der Waals surface area contributed by atoms with Gasteiger partial charge in [-0.1, -0.05) is 48.2 Å². The molecule has 0 saturated carbocycles. The number of carboxylic acid groups (broad SMARTS) is 1. The van der Waals surface area contributed by atoms with E-state index in [1.165, 1.54) is 0 Å². The number of thioether (sulfide) groups is 1. The van der Waals surface area contributed by atoms with Gasteiger partial charge in [0.2, 0.25) is 5.91 Å². The first-order chi connectivity index (χ1) is 17.9. The van der Waals surface area contributed by atoms with E-state index in [1.54, 1.807) is 24.2 Å². The van der Waals surface area contributed by atoms with Crippen LogP contribution in [0, 0.1) is 0 Å². The number of amides is 1. The van der Waals surface area contributed by atoms with Gasteiger partial charge in [-0.05, 0) is 29.7 Å². The van der Waals surface area contributed by atoms with Crippen LogP contribution in [-0.2, 0) is 32.7 Å². The third-order valence-electron chi connectivity index (χ3n) is 5.92. The van der Waals surface area contributed by atoms with E-state index >= 15 is 0 Å². The number of anilines is 1. The van der Waals surface area contributed by atoms with Crippen LogP contribution in [0.25, 0.3) is 0 Å². The number of aromatic nitrogens is 3. The molecule has 10 nitrogen and oxygen atoms in total. The lowest BCUT2D eigenvalue weighted by atomic mass is 10.0. The molecule has 2 heterocycles. The lowest BCUT2D eigenvalue weighted by Gasteiger charge is -2.36. The minimum absolute atomic E-state index is 0.0245. The number of rotatable bonds is 11. The Morgan fingerprint density at radius 3 is 2.65 bits per heavy atom. The number of aryl methyl sites for hydroxylation is 1. The van der Waals surface area contributed by atoms with Gasteiger partial charge in [-0.2, -0.15) is 0 Å². The Hall–Kier alpha value is -3.25. The summed E-state index contributed by atoms with van der Waals surface area (Å²) in [6.45, 7) is -0.0245. The molecule has 0 spiro atoms. The normalized spacial score (nSPS) is 19.5. The molecular weight excluding hydrogens is 496 g/mol. The van der Waals surface area contributed by atoms with Crippen LogP contribution in [0.4, 0.5) is 5.69 Å². The highest BCUT2D eigenvalue weighted by molar-refractivity contribution is 7.99. The monoisotopic (exact) mass is 526 g/mol. The number of aliphatic hydroxyl groups is 1. The molecule has 1 aliphatic heterocycles. The number of hydrogen-bond donors (Lipinski definition) is 3. The van der Waals surface area contributed by atoms with Crippen LogP contribution in [0.3, 0.4) is 0 Å². The first kappa shape index (κ1) is 26.8. The molecule has 0 aliphatic carbocycles. The number of carbonyl (C=O) groups excluding carboxylic acids is 1. The van der Waals surface area contributed by atoms with Gasteiger partial charge in [-0.15, -0.1) is 10.2 Å². The van der Waals surface area contributed by atoms with Crippen LogP contribution < -0.4 is 5.32 Å². The van der Waals surface area contributed by atoms with Gasteiger partial charge in [0.25, 0.3) is 0 Å². The predicted octanol–water partition coefficient (Wildman–Crippen LogP) is 3.84. The van der Waals surface area contributed by atoms with Crippen molar-refractivity contribution in [1.29, 1.82) is 0 Å². The van der Waals surface area contributed by atoms with E-state index in [4.69, 9.17) is 14.6 Å². The number of benzene rings is 2. The average Bonchev–Trinajstić information content (AvgIpc) is 3.31. The van der Waals surface area contributed by atoms with Gasteiger partial charge >= 0.3 is 5.97 Å². The summed E-state index contributed by atoms with van der Waals surface area (Å²) in [4.78, 5) is 22.9. The third kappa shape index (κ3) is 7.62. The smallest absolute Gasteiger partial charge is 0.303 e. The number of ether oxygens (including phenoxy) is 2. The Kier molecular flexibility index (Phi) is 9.29. The second kappa shape index (κ2) is 12.8. The lowest BCUT2D eigenvalue weighted by molar-refractivity contribution is -0.245. The zero-order valence-electron chi connectivity index (χ0n) is 20.4. The highest BCUT2D eigenvalue weighted by atomic mass is 32.2. The number of carboxylic acids is 1. The van der Waals surface area contributed by atoms with Gasteiger partial charge in [0, 0.05) is 43.3 Å². The van der Waals surface area contributed by atoms with Crippen LogP contribution in [0.15, 0.2) is 60.0 Å². The molecule has 1 fully saturated rings. The highest BCUT2D eigenvalue weighted by Crippen LogP contribution is 2.39. The van der Waals surface area contributed by atoms with Gasteiger partial charge in [0.05, 0.1) is 18.8 Å². The van der Waals surface area contributed by atoms with E-state index in [0.717, 1.165) is 21.8 Å². The van der Waals surface area contributed by atoms with E-state index in [1.807, 2.05) is 54.1 Å². The Morgan fingerprint density at radius 2 is 1.95 bits per heavy atom. The molecule has 11 heteroatoms. The number of nitrogens with one attached hydrogen (secondary N) is 1. The van der Waals surface area contributed by atoms with E-state index in [9.17, 15) is 14.7 Å². The van der Waals surface area contributed by atoms with Gasteiger partial charge in [-0.25, -0.2) is 0 Å². The second-order valence-electron chi connectivity index (χ2n) is 8.81. The molecule has 1 amide bonds. The molecule has 0 bridgehead atoms. The molecule has 1 aromatic heterocycles. The summed E-state index contributed by atoms with van der Waals surface area (Å²) in [5.74, 6) is -0.519. The van der Waals surface area contributed by atoms with E-state index in [0.29, 0.717) is 17.9 Å². The first-order valence-electron chi connectivity index (χ1n) is 12.0. The molecule has 3 aromatic rings. The Bertz CT molecular complexity index is 1200. The molecule has 2 aromatic carbocycles. The van der Waals surface area contributed by atoms with Gasteiger partial charge in [0.1, 0.15) is 6.33 Å². The van der Waals surface area contributed by atoms with Crippen molar-refractivity contribution < 1.29 is 29.3 Å². The second-order valence-corrected chi connectivity index (χ2v) is 9.79. The van der Waals surface area contributed by atoms with E-state index in [2.05, 4.69) is 15.5 Å². The molecule has 0 unspecified atom stereocenters. The molecule has 4 rings (SSSR count). The number of nitrogens with zero attached hydrogens (tertiary/aromatic N) is 3. The van der Waals surface area contributed by atoms with Crippen molar-refractivity contribution >= 4 is 29.3 Å². The summed E-state index contributed by atoms with van der Waals surface area (Å²) >= 11 is 1.56. The SMILES string of the molecule is Cn1cnnc1SC[C@H]1C[C@@H](c2ccc(CO)cc2)O[C@@H](c2cccc(NC(=O)CCCC(=O)O)c2)O1. The summed E-state index contributed by atoms with van der Waals surface area (Å²) in [5, 5.41) is 29.8. The van der Waals surface area contributed by atoms with Crippen molar-refractivity contribution in [3.05, 3.63) is 71.5 Å². The van der Waals surface area contributed by atoms with Crippen LogP contribution in [-0.4, -0.2) is 48.7 Å². The third-order valence-corrected chi connectivity index (χ3v) is 7.09. The van der Waals surface area contributed by atoms with Crippen molar-refractivity contribution in [3.8, 4) is 0 Å². The van der Waals surface area contributed by atoms with Crippen molar-refractivity contribution in [3.63, 3.8) is 0 Å². The van der Waals surface area contributed by atoms with Crippen molar-refractivity contribution in [2.24, 2.45) is 7.05 Å². The topological polar surface area (TPSA) is 136 Å². The first-order valence-corrected chi connectivity index (χ1v) is 13.0. The zero-order chi connectivity index (χ0) is 26.2. The maximum atomic E-state index is 12.2. The summed E-state index contributed by atoms with van der Waals surface area (Å²) in [6.07, 6.45) is 1.61. The highest BCUT2D eigenvalue weighted by Gasteiger charge is 2.32. The maximum absolute atomic E-state index is 12.2. The fourth-order valence-electron chi connectivity index (χ4n) is 3.98. The van der Waals surface area contributed by atoms with Gasteiger partial charge in [0.15, 0.2) is 11.4 Å². The fourth-order valence-corrected chi connectivity index (χ4v) is 4.89. The maximum Gasteiger partial charge on any atom is 0.303 e. The summed E-state index contributed by atoms with van der Waals surface area (Å²) in [7, 11) is 1.89. The standard InChI is InChI=1S/C26H30N4O6S/c1-30-16-27-29-26(30)37-15-21-13-22(18-10-8-17(14-31)9-11-18)36-25(35-21)19-4-2-5-20(12-19)28-23(32)6-3-7-24(33)34/h2,4-5,8-12,16,21-22,25,31H,3,6-7,13-15H2,1H3,(H,28,32)(H,33,34)/t21-,22+,25+/m1/s1. The van der Waals surface area contributed by atoms with Crippen molar-refractivity contribution in [2.45, 2.75) is 55.9 Å². The number of hydrogen-bond acceptors (Lipinski definition) is 8. The Balaban J connectivity index is 1.48. The Labute approximate surface area is 219 Å². The molecule has 0 radical (unpaired) electrons. The lowest BCUT2D eigenvalue weighted by Crippen LogP contribution is -2.31. The van der Waals surface area contributed by atoms with Crippen molar-refractivity contribution in [1.82, 2.24) is 14.8 Å². The van der Waals surface area contributed by atoms with Gasteiger partial charge in [-0.3, -0.25) is 9.59 Å². The summed E-state index contributed by atoms with van der Waals surface area (Å²) < 4.78 is 14.6. The largest absolute Gasteiger partial charge is 0.481 e. The Morgan fingerprint density at radius 1 is 1.14 bits per heavy atom. The minimum atomic E-state index is -0.922. The van der Waals surface area contributed by atoms with Crippen LogP contribution in [0.2, 0.25) is 0 Å². The van der Waals surface area contributed by atoms with Crippen LogP contribution in [0.1, 0.15) is 54.8 Å². The van der Waals surface area contributed by atoms with Gasteiger partial charge < -0.3 is 29.6 Å². The molecule has 3 atom stereocenters. The van der Waals surface area contributed by atoms with Crippen LogP contribution >= 0.6 is 11.8 Å². The number of carbonyl (C=O) groups is 2. The van der Waals surface area contributed by atoms with Crippen LogP contribution in [0.5, 0.6) is 0 Å². The summed E-state index contributed by atoms with van der Waals surface area (Å²) in [6, 6.07) is 15.0. The predicted molar refractivity (Wildman–Crippen MR) is 137 cm³/mol. The molecule has 37 heavy (non-hydrogen) atoms. The number of aliphatic hydroxyl groups excluding tert-OH is 1. The summed E-state index contributed by atoms with van der Waals surface area (Å²) in [5.41, 5.74) is 3.16. The molecule has 1 aliphatic rings. The fraction of sp³-hybridized carbons (Fsp3) is 0.385. The van der Waals surface area contributed by atoms with Crippen molar-refractivity contribution in [2.75, 3.05) is 11.1 Å². The minimum Gasteiger partial charge on any atom is -0.481 e.